The van der Waals surface area contributed by atoms with Gasteiger partial charge >= 0.3 is 0 Å². The smallest absolute Gasteiger partial charge is 0.0751 e. The van der Waals surface area contributed by atoms with E-state index in [1.54, 1.807) is 0 Å². The average molecular weight is 280 g/mol. The van der Waals surface area contributed by atoms with Crippen molar-refractivity contribution in [2.75, 3.05) is 11.9 Å². The Hall–Kier alpha value is -1.83. The van der Waals surface area contributed by atoms with E-state index in [1.165, 1.54) is 35.1 Å². The molecule has 1 aromatic carbocycles. The molecule has 0 radical (unpaired) electrons. The predicted octanol–water partition coefficient (Wildman–Crippen LogP) is 4.95. The molecule has 0 amide bonds. The number of hydrogen-bond donors (Lipinski definition) is 1. The highest BCUT2D eigenvalue weighted by Crippen LogP contribution is 2.29. The molecule has 2 unspecified atom stereocenters. The first-order chi connectivity index (χ1) is 10.1. The minimum atomic E-state index is 0.710. The van der Waals surface area contributed by atoms with Crippen molar-refractivity contribution >= 4 is 16.6 Å². The Labute approximate surface area is 127 Å². The minimum absolute atomic E-state index is 0.710. The quantitative estimate of drug-likeness (QED) is 0.805. The van der Waals surface area contributed by atoms with Crippen molar-refractivity contribution in [3.05, 3.63) is 47.7 Å². The van der Waals surface area contributed by atoms with Crippen LogP contribution in [0.25, 0.3) is 10.9 Å². The van der Waals surface area contributed by atoms with E-state index < -0.39 is 0 Å². The van der Waals surface area contributed by atoms with Crippen molar-refractivity contribution in [2.24, 2.45) is 11.8 Å². The Balaban J connectivity index is 1.77. The first-order valence-electron chi connectivity index (χ1n) is 7.89. The fourth-order valence-electron chi connectivity index (χ4n) is 3.56. The van der Waals surface area contributed by atoms with Crippen LogP contribution in [0.15, 0.2) is 42.1 Å². The van der Waals surface area contributed by atoms with Crippen LogP contribution in [0, 0.1) is 18.8 Å². The Morgan fingerprint density at radius 3 is 2.90 bits per heavy atom. The molecule has 21 heavy (non-hydrogen) atoms. The number of benzene rings is 1. The molecule has 1 heterocycles. The number of rotatable bonds is 3. The molecule has 0 fully saturated rings. The highest BCUT2D eigenvalue weighted by atomic mass is 14.9. The Morgan fingerprint density at radius 2 is 2.10 bits per heavy atom. The zero-order valence-electron chi connectivity index (χ0n) is 13.2. The monoisotopic (exact) mass is 280 g/mol. The summed E-state index contributed by atoms with van der Waals surface area (Å²) in [5.74, 6) is 1.44. The number of allylic oxidation sites excluding steroid dienone is 2. The Kier molecular flexibility index (Phi) is 3.96. The number of anilines is 1. The van der Waals surface area contributed by atoms with E-state index in [4.69, 9.17) is 0 Å². The zero-order valence-corrected chi connectivity index (χ0v) is 13.2. The second-order valence-electron chi connectivity index (χ2n) is 6.51. The predicted molar refractivity (Wildman–Crippen MR) is 90.6 cm³/mol. The molecule has 110 valence electrons. The van der Waals surface area contributed by atoms with Gasteiger partial charge in [-0.3, -0.25) is 4.98 Å². The van der Waals surface area contributed by atoms with Gasteiger partial charge in [0.25, 0.3) is 0 Å². The number of pyridine rings is 1. The topological polar surface area (TPSA) is 24.9 Å². The molecule has 1 aliphatic carbocycles. The highest BCUT2D eigenvalue weighted by molar-refractivity contribution is 5.93. The molecule has 2 heteroatoms. The number of aromatic nitrogens is 1. The first-order valence-corrected chi connectivity index (χ1v) is 7.89. The maximum atomic E-state index is 4.51. The van der Waals surface area contributed by atoms with Gasteiger partial charge in [0, 0.05) is 23.8 Å². The van der Waals surface area contributed by atoms with Crippen LogP contribution >= 0.6 is 0 Å². The second kappa shape index (κ2) is 5.88. The summed E-state index contributed by atoms with van der Waals surface area (Å²) in [6.45, 7) is 7.74. The highest BCUT2D eigenvalue weighted by Gasteiger charge is 2.18. The van der Waals surface area contributed by atoms with Crippen LogP contribution in [-0.2, 0) is 0 Å². The lowest BCUT2D eigenvalue weighted by Crippen LogP contribution is -2.20. The van der Waals surface area contributed by atoms with Crippen molar-refractivity contribution in [1.29, 1.82) is 0 Å². The van der Waals surface area contributed by atoms with Crippen molar-refractivity contribution in [3.63, 3.8) is 0 Å². The number of nitrogens with zero attached hydrogens (tertiary/aromatic N) is 1. The van der Waals surface area contributed by atoms with Crippen LogP contribution in [0.3, 0.4) is 0 Å². The lowest BCUT2D eigenvalue weighted by Gasteiger charge is -2.26. The van der Waals surface area contributed by atoms with Crippen LogP contribution in [-0.4, -0.2) is 11.5 Å². The minimum Gasteiger partial charge on any atom is -0.384 e. The molecule has 2 atom stereocenters. The molecule has 0 spiro atoms. The molecule has 2 nitrogen and oxygen atoms in total. The van der Waals surface area contributed by atoms with Crippen LogP contribution in [0.1, 0.15) is 32.3 Å². The Bertz CT molecular complexity index is 672. The molecule has 3 rings (SSSR count). The summed E-state index contributed by atoms with van der Waals surface area (Å²) in [5.41, 5.74) is 5.09. The lowest BCUT2D eigenvalue weighted by atomic mass is 9.83. The van der Waals surface area contributed by atoms with Crippen molar-refractivity contribution in [2.45, 2.75) is 33.6 Å². The number of nitrogens with one attached hydrogen (secondary N) is 1. The summed E-state index contributed by atoms with van der Waals surface area (Å²) in [7, 11) is 0. The van der Waals surface area contributed by atoms with E-state index in [-0.39, 0.29) is 0 Å². The van der Waals surface area contributed by atoms with Crippen molar-refractivity contribution in [3.8, 4) is 0 Å². The van der Waals surface area contributed by atoms with Crippen LogP contribution in [0.2, 0.25) is 0 Å². The molecule has 1 aliphatic rings. The maximum Gasteiger partial charge on any atom is 0.0751 e. The molecule has 0 bridgehead atoms. The zero-order chi connectivity index (χ0) is 14.8. The summed E-state index contributed by atoms with van der Waals surface area (Å²) in [4.78, 5) is 4.51. The van der Waals surface area contributed by atoms with E-state index in [1.807, 2.05) is 12.3 Å². The van der Waals surface area contributed by atoms with E-state index in [2.05, 4.69) is 55.3 Å². The van der Waals surface area contributed by atoms with Gasteiger partial charge in [-0.15, -0.1) is 0 Å². The fourth-order valence-corrected chi connectivity index (χ4v) is 3.56. The first kappa shape index (κ1) is 14.1. The second-order valence-corrected chi connectivity index (χ2v) is 6.51. The molecule has 0 saturated carbocycles. The van der Waals surface area contributed by atoms with E-state index in [0.29, 0.717) is 5.92 Å². The molecule has 0 aliphatic heterocycles. The molecule has 2 aromatic rings. The third-order valence-corrected chi connectivity index (χ3v) is 4.44. The largest absolute Gasteiger partial charge is 0.384 e. The number of fused-ring (bicyclic) bond motifs is 1. The number of aryl methyl sites for hydroxylation is 1. The Morgan fingerprint density at radius 1 is 1.24 bits per heavy atom. The lowest BCUT2D eigenvalue weighted by molar-refractivity contribution is 0.421. The van der Waals surface area contributed by atoms with Gasteiger partial charge in [-0.1, -0.05) is 24.6 Å². The third kappa shape index (κ3) is 3.10. The molecule has 0 saturated heterocycles. The summed E-state index contributed by atoms with van der Waals surface area (Å²) < 4.78 is 0. The molecular weight excluding hydrogens is 256 g/mol. The van der Waals surface area contributed by atoms with Gasteiger partial charge in [0.15, 0.2) is 0 Å². The summed E-state index contributed by atoms with van der Waals surface area (Å²) in [6.07, 6.45) is 6.80. The van der Waals surface area contributed by atoms with Gasteiger partial charge < -0.3 is 5.32 Å². The van der Waals surface area contributed by atoms with E-state index in [0.717, 1.165) is 18.0 Å². The summed E-state index contributed by atoms with van der Waals surface area (Å²) >= 11 is 0. The van der Waals surface area contributed by atoms with Crippen molar-refractivity contribution in [1.82, 2.24) is 4.98 Å². The standard InChI is InChI=1S/C19H24N2/c1-13-9-14(2)11-16(10-13)12-21-18-7-6-15(3)19-17(18)5-4-8-20-19/h4-9,13,16,21H,10-12H2,1-3H3. The molecular formula is C19H24N2. The third-order valence-electron chi connectivity index (χ3n) is 4.44. The molecule has 1 N–H and O–H groups in total. The van der Waals surface area contributed by atoms with Gasteiger partial charge in [0.05, 0.1) is 5.52 Å². The van der Waals surface area contributed by atoms with Crippen LogP contribution < -0.4 is 5.32 Å². The number of hydrogen-bond acceptors (Lipinski definition) is 2. The summed E-state index contributed by atoms with van der Waals surface area (Å²) in [5, 5.41) is 4.89. The van der Waals surface area contributed by atoms with Gasteiger partial charge in [-0.05, 0) is 62.3 Å². The molecule has 1 aromatic heterocycles. The maximum absolute atomic E-state index is 4.51. The van der Waals surface area contributed by atoms with Crippen LogP contribution in [0.4, 0.5) is 5.69 Å². The van der Waals surface area contributed by atoms with E-state index in [9.17, 15) is 0 Å². The van der Waals surface area contributed by atoms with Gasteiger partial charge in [0.1, 0.15) is 0 Å². The van der Waals surface area contributed by atoms with Crippen molar-refractivity contribution < 1.29 is 0 Å². The van der Waals surface area contributed by atoms with Gasteiger partial charge in [-0.2, -0.15) is 0 Å². The van der Waals surface area contributed by atoms with Crippen LogP contribution in [0.5, 0.6) is 0 Å². The van der Waals surface area contributed by atoms with Gasteiger partial charge in [0.2, 0.25) is 0 Å². The normalized spacial score (nSPS) is 22.1. The SMILES string of the molecule is CC1=CC(C)CC(CNc2ccc(C)c3ncccc23)C1. The fraction of sp³-hybridized carbons (Fsp3) is 0.421. The summed E-state index contributed by atoms with van der Waals surface area (Å²) in [6, 6.07) is 8.52. The van der Waals surface area contributed by atoms with Gasteiger partial charge in [-0.25, -0.2) is 0 Å². The van der Waals surface area contributed by atoms with E-state index >= 15 is 0 Å². The average Bonchev–Trinajstić information content (AvgIpc) is 2.46.